The molecular weight excluding hydrogens is 632 g/mol. The lowest BCUT2D eigenvalue weighted by Crippen LogP contribution is -2.82. The first kappa shape index (κ1) is 33.7. The molecule has 1 spiro atoms. The molecule has 0 radical (unpaired) electrons. The number of hydrogen-bond donors (Lipinski definition) is 0. The van der Waals surface area contributed by atoms with Crippen LogP contribution in [0.3, 0.4) is 0 Å². The van der Waals surface area contributed by atoms with Gasteiger partial charge >= 0.3 is 35.8 Å². The van der Waals surface area contributed by atoms with Crippen molar-refractivity contribution in [3.05, 3.63) is 36.3 Å². The molecule has 12 atom stereocenters. The van der Waals surface area contributed by atoms with Gasteiger partial charge in [-0.1, -0.05) is 19.9 Å². The maximum absolute atomic E-state index is 13.8. The van der Waals surface area contributed by atoms with Crippen molar-refractivity contribution in [1.29, 1.82) is 0 Å². The van der Waals surface area contributed by atoms with E-state index in [2.05, 4.69) is 0 Å². The summed E-state index contributed by atoms with van der Waals surface area (Å²) >= 11 is 0. The van der Waals surface area contributed by atoms with Crippen LogP contribution in [0.4, 0.5) is 0 Å². The first-order valence-corrected chi connectivity index (χ1v) is 15.8. The van der Waals surface area contributed by atoms with Gasteiger partial charge < -0.3 is 37.6 Å². The van der Waals surface area contributed by atoms with Gasteiger partial charge in [-0.3, -0.25) is 19.2 Å². The van der Waals surface area contributed by atoms with E-state index in [1.807, 2.05) is 0 Å². The number of epoxide rings is 1. The normalized spacial score (nSPS) is 43.4. The number of ether oxygens (including phenoxy) is 7. The van der Waals surface area contributed by atoms with E-state index in [4.69, 9.17) is 37.6 Å². The lowest BCUT2D eigenvalue weighted by atomic mass is 9.35. The summed E-state index contributed by atoms with van der Waals surface area (Å²) in [6.45, 7) is 13.3. The fourth-order valence-corrected chi connectivity index (χ4v) is 10.3. The Morgan fingerprint density at radius 3 is 1.79 bits per heavy atom. The zero-order chi connectivity index (χ0) is 35.4. The highest BCUT2D eigenvalue weighted by molar-refractivity contribution is 5.84. The Labute approximate surface area is 276 Å². The minimum absolute atomic E-state index is 0.398. The second-order valence-electron chi connectivity index (χ2n) is 14.6. The summed E-state index contributed by atoms with van der Waals surface area (Å²) in [6.07, 6.45) is -2.21. The van der Waals surface area contributed by atoms with E-state index in [-0.39, 0.29) is 0 Å². The van der Waals surface area contributed by atoms with Gasteiger partial charge in [-0.2, -0.15) is 0 Å². The maximum Gasteiger partial charge on any atom is 0.339 e. The number of allylic oxidation sites excluding steroid dienone is 1. The Kier molecular flexibility index (Phi) is 7.47. The molecule has 2 aliphatic carbocycles. The number of carbonyl (C=O) groups excluding carboxylic acids is 6. The van der Waals surface area contributed by atoms with Gasteiger partial charge in [0.25, 0.3) is 0 Å². The molecule has 12 unspecified atom stereocenters. The number of carbonyl (C=O) groups is 6. The van der Waals surface area contributed by atoms with E-state index in [9.17, 15) is 28.8 Å². The van der Waals surface area contributed by atoms with Gasteiger partial charge in [0.05, 0.1) is 17.9 Å². The smallest absolute Gasteiger partial charge is 0.339 e. The van der Waals surface area contributed by atoms with Crippen LogP contribution >= 0.6 is 0 Å². The van der Waals surface area contributed by atoms with Crippen LogP contribution in [0.5, 0.6) is 0 Å². The van der Waals surface area contributed by atoms with Gasteiger partial charge in [0.15, 0.2) is 12.2 Å². The Bertz CT molecular complexity index is 1610. The lowest BCUT2D eigenvalue weighted by Gasteiger charge is -2.70. The van der Waals surface area contributed by atoms with Crippen LogP contribution in [0.2, 0.25) is 0 Å². The third-order valence-electron chi connectivity index (χ3n) is 11.4. The summed E-state index contributed by atoms with van der Waals surface area (Å²) in [7, 11) is 0. The molecule has 0 amide bonds. The van der Waals surface area contributed by atoms with Crippen LogP contribution in [0, 0.1) is 28.1 Å². The lowest BCUT2D eigenvalue weighted by molar-refractivity contribution is -0.334. The highest BCUT2D eigenvalue weighted by Gasteiger charge is 2.94. The van der Waals surface area contributed by atoms with Crippen molar-refractivity contribution in [2.45, 2.75) is 110 Å². The molecule has 2 saturated carbocycles. The highest BCUT2D eigenvalue weighted by Crippen LogP contribution is 2.80. The Morgan fingerprint density at radius 1 is 0.729 bits per heavy atom. The zero-order valence-corrected chi connectivity index (χ0v) is 28.2. The minimum atomic E-state index is -1.67. The van der Waals surface area contributed by atoms with Crippen LogP contribution in [0.25, 0.3) is 0 Å². The molecule has 4 fully saturated rings. The van der Waals surface area contributed by atoms with Gasteiger partial charge in [0.2, 0.25) is 0 Å². The number of furan rings is 1. The van der Waals surface area contributed by atoms with E-state index in [0.717, 1.165) is 0 Å². The van der Waals surface area contributed by atoms with Crippen molar-refractivity contribution in [2.24, 2.45) is 28.1 Å². The molecule has 0 N–H and O–H groups in total. The maximum atomic E-state index is 13.8. The Hall–Kier alpha value is -4.20. The summed E-state index contributed by atoms with van der Waals surface area (Å²) < 4.78 is 48.4. The topological polar surface area (TPSA) is 183 Å². The first-order chi connectivity index (χ1) is 22.3. The fourth-order valence-electron chi connectivity index (χ4n) is 10.3. The van der Waals surface area contributed by atoms with Crippen molar-refractivity contribution in [3.63, 3.8) is 0 Å². The van der Waals surface area contributed by atoms with E-state index in [0.29, 0.717) is 5.56 Å². The van der Waals surface area contributed by atoms with Crippen LogP contribution < -0.4 is 0 Å². The van der Waals surface area contributed by atoms with Gasteiger partial charge in [-0.15, -0.1) is 0 Å². The van der Waals surface area contributed by atoms with Gasteiger partial charge in [0, 0.05) is 62.0 Å². The summed E-state index contributed by atoms with van der Waals surface area (Å²) in [5.41, 5.74) is -7.12. The Morgan fingerprint density at radius 2 is 1.27 bits per heavy atom. The molecule has 5 aliphatic rings. The van der Waals surface area contributed by atoms with E-state index < -0.39 is 112 Å². The molecule has 0 aromatic carbocycles. The molecule has 2 saturated heterocycles. The molecule has 4 heterocycles. The standard InChI is InChI=1S/C34H40O14/c1-15(35)42-21-23-30(5,6)47-20(39)10-12-31(23,7)24-22(43-16(2)36)27(45-18(4)38)33(9)25(19-11-13-41-14-19)46-29(40)28-34(33,48-28)32(24,8)26(21)44-17(3)37/h10-14,21-28H,1-9H3. The summed E-state index contributed by atoms with van der Waals surface area (Å²) in [6, 6.07) is 1.59. The monoisotopic (exact) mass is 672 g/mol. The third-order valence-corrected chi connectivity index (χ3v) is 11.4. The summed E-state index contributed by atoms with van der Waals surface area (Å²) in [5.74, 6) is -6.33. The molecule has 0 bridgehead atoms. The number of cyclic esters (lactones) is 2. The van der Waals surface area contributed by atoms with E-state index >= 15 is 0 Å². The summed E-state index contributed by atoms with van der Waals surface area (Å²) in [4.78, 5) is 79.0. The predicted octanol–water partition coefficient (Wildman–Crippen LogP) is 2.91. The van der Waals surface area contributed by atoms with Crippen molar-refractivity contribution < 1.29 is 66.3 Å². The third kappa shape index (κ3) is 4.33. The molecule has 260 valence electrons. The molecule has 14 nitrogen and oxygen atoms in total. The van der Waals surface area contributed by atoms with E-state index in [1.54, 1.807) is 46.8 Å². The van der Waals surface area contributed by atoms with Crippen molar-refractivity contribution in [2.75, 3.05) is 0 Å². The molecule has 3 aliphatic heterocycles. The second-order valence-corrected chi connectivity index (χ2v) is 14.6. The van der Waals surface area contributed by atoms with Gasteiger partial charge in [-0.25, -0.2) is 9.59 Å². The number of hydrogen-bond acceptors (Lipinski definition) is 14. The first-order valence-electron chi connectivity index (χ1n) is 15.8. The van der Waals surface area contributed by atoms with Gasteiger partial charge in [0.1, 0.15) is 35.6 Å². The average Bonchev–Trinajstić information content (AvgIpc) is 3.55. The SMILES string of the molecule is CC(=O)OC1C2C(C)(C)OC(=O)C=CC2(C)C2C(OC(C)=O)C(OC(C)=O)C3(C)C(c4ccoc4)OC(=O)C4OC43C2(C)C1OC(C)=O. The molecule has 48 heavy (non-hydrogen) atoms. The largest absolute Gasteiger partial charge is 0.472 e. The number of rotatable bonds is 5. The minimum Gasteiger partial charge on any atom is -0.472 e. The zero-order valence-electron chi connectivity index (χ0n) is 28.2. The van der Waals surface area contributed by atoms with Crippen molar-refractivity contribution >= 4 is 35.8 Å². The van der Waals surface area contributed by atoms with Gasteiger partial charge in [-0.05, 0) is 26.8 Å². The molecule has 14 heteroatoms. The van der Waals surface area contributed by atoms with Crippen LogP contribution in [0.15, 0.2) is 35.2 Å². The predicted molar refractivity (Wildman–Crippen MR) is 158 cm³/mol. The molecule has 6 rings (SSSR count). The van der Waals surface area contributed by atoms with E-state index in [1.165, 1.54) is 46.3 Å². The second kappa shape index (κ2) is 10.6. The quantitative estimate of drug-likeness (QED) is 0.253. The molecule has 1 aromatic rings. The fraction of sp³-hybridized carbons (Fsp3) is 0.647. The number of esters is 6. The van der Waals surface area contributed by atoms with Crippen LogP contribution in [-0.2, 0) is 61.9 Å². The van der Waals surface area contributed by atoms with Crippen LogP contribution in [-0.4, -0.2) is 77.5 Å². The summed E-state index contributed by atoms with van der Waals surface area (Å²) in [5, 5.41) is 0. The average molecular weight is 673 g/mol. The highest BCUT2D eigenvalue weighted by atomic mass is 16.7. The number of fused-ring (bicyclic) bond motifs is 3. The van der Waals surface area contributed by atoms with Crippen molar-refractivity contribution in [3.8, 4) is 0 Å². The molecule has 1 aromatic heterocycles. The Balaban J connectivity index is 1.76. The van der Waals surface area contributed by atoms with Crippen LogP contribution in [0.1, 0.15) is 74.0 Å². The molecular formula is C34H40O14. The van der Waals surface area contributed by atoms with Crippen molar-refractivity contribution in [1.82, 2.24) is 0 Å².